The van der Waals surface area contributed by atoms with Gasteiger partial charge in [0.1, 0.15) is 35.8 Å². The van der Waals surface area contributed by atoms with Gasteiger partial charge in [0.15, 0.2) is 0 Å². The van der Waals surface area contributed by atoms with Gasteiger partial charge in [-0.05, 0) is 77.2 Å². The van der Waals surface area contributed by atoms with Crippen LogP contribution in [-0.4, -0.2) is 113 Å². The van der Waals surface area contributed by atoms with E-state index in [1.54, 1.807) is 48.5 Å². The summed E-state index contributed by atoms with van der Waals surface area (Å²) in [7, 11) is 1.23. The molecule has 17 nitrogen and oxygen atoms in total. The van der Waals surface area contributed by atoms with Crippen molar-refractivity contribution in [3.63, 3.8) is 0 Å². The molecule has 0 unspecified atom stereocenters. The standard InChI is InChI=1S/C40H64N6O11/c1-21(2)30(37(53)46-31(22(3)4)38(54)56-10)45-35(51)27-18-14-17-26(27)32(48)28(19-25-15-12-11-13-16-25)43-34(50)24(6)41-33(49)23(5)42-36(52)29(20-47)44-39(55)57-40(7,8)9/h11-13,15-16,21-24,26-32,47-48H,14,17-20H2,1-10H3,(H,41,49)(H,42,52)(H,43,50)(H,44,55)(H,45,51)(H,46,53)/t23-,24-,26-,27-,28-,29-,30-,31-,32-/m0/s1. The lowest BCUT2D eigenvalue weighted by molar-refractivity contribution is -0.147. The number of carbonyl (C=O) groups excluding carboxylic acids is 7. The van der Waals surface area contributed by atoms with Crippen LogP contribution in [0.3, 0.4) is 0 Å². The summed E-state index contributed by atoms with van der Waals surface area (Å²) in [5.74, 6) is -5.70. The number of esters is 1. The second kappa shape index (κ2) is 22.2. The maximum atomic E-state index is 13.8. The number of amides is 6. The van der Waals surface area contributed by atoms with Gasteiger partial charge in [-0.15, -0.1) is 0 Å². The van der Waals surface area contributed by atoms with Crippen molar-refractivity contribution < 1.29 is 53.2 Å². The van der Waals surface area contributed by atoms with Crippen molar-refractivity contribution in [1.29, 1.82) is 0 Å². The number of ether oxygens (including phenoxy) is 2. The number of rotatable bonds is 19. The van der Waals surface area contributed by atoms with Crippen LogP contribution < -0.4 is 31.9 Å². The Labute approximate surface area is 335 Å². The molecule has 1 aromatic carbocycles. The van der Waals surface area contributed by atoms with Crippen molar-refractivity contribution in [2.24, 2.45) is 23.7 Å². The van der Waals surface area contributed by atoms with Gasteiger partial charge in [-0.2, -0.15) is 0 Å². The quantitative estimate of drug-likeness (QED) is 0.0911. The minimum Gasteiger partial charge on any atom is -0.467 e. The molecular formula is C40H64N6O11. The molecule has 1 aliphatic rings. The first-order valence-electron chi connectivity index (χ1n) is 19.5. The van der Waals surface area contributed by atoms with Gasteiger partial charge in [-0.3, -0.25) is 24.0 Å². The van der Waals surface area contributed by atoms with Crippen LogP contribution in [0.2, 0.25) is 0 Å². The van der Waals surface area contributed by atoms with Crippen LogP contribution in [0.4, 0.5) is 4.79 Å². The zero-order chi connectivity index (χ0) is 43.2. The average molecular weight is 805 g/mol. The molecule has 320 valence electrons. The highest BCUT2D eigenvalue weighted by Gasteiger charge is 2.43. The van der Waals surface area contributed by atoms with Crippen LogP contribution in [0.1, 0.15) is 87.1 Å². The van der Waals surface area contributed by atoms with Crippen molar-refractivity contribution in [3.8, 4) is 0 Å². The summed E-state index contributed by atoms with van der Waals surface area (Å²) >= 11 is 0. The first kappa shape index (κ1) is 48.4. The van der Waals surface area contributed by atoms with Gasteiger partial charge in [0, 0.05) is 5.92 Å². The zero-order valence-corrected chi connectivity index (χ0v) is 34.8. The minimum absolute atomic E-state index is 0.194. The SMILES string of the molecule is COC(=O)[C@@H](NC(=O)[C@@H](NC(=O)[C@H]1CCC[C@@H]1[C@H](O)[C@H](Cc1ccccc1)NC(=O)[C@H](C)NC(=O)[C@H](C)NC(=O)[C@H](CO)NC(=O)OC(C)(C)C)C(C)C)C(C)C. The molecule has 0 saturated heterocycles. The summed E-state index contributed by atoms with van der Waals surface area (Å²) in [6.07, 6.45) is -0.434. The number of carbonyl (C=O) groups is 7. The Morgan fingerprint density at radius 3 is 1.82 bits per heavy atom. The Balaban J connectivity index is 2.18. The third-order valence-electron chi connectivity index (χ3n) is 9.74. The number of benzene rings is 1. The van der Waals surface area contributed by atoms with Gasteiger partial charge in [0.05, 0.1) is 25.9 Å². The number of aliphatic hydroxyl groups excluding tert-OH is 2. The molecule has 57 heavy (non-hydrogen) atoms. The van der Waals surface area contributed by atoms with E-state index in [1.165, 1.54) is 21.0 Å². The largest absolute Gasteiger partial charge is 0.467 e. The fraction of sp³-hybridized carbons (Fsp3) is 0.675. The van der Waals surface area contributed by atoms with Crippen LogP contribution >= 0.6 is 0 Å². The molecule has 6 amide bonds. The van der Waals surface area contributed by atoms with E-state index in [9.17, 15) is 43.8 Å². The van der Waals surface area contributed by atoms with Crippen molar-refractivity contribution >= 4 is 41.6 Å². The maximum Gasteiger partial charge on any atom is 0.408 e. The molecule has 8 N–H and O–H groups in total. The molecular weight excluding hydrogens is 740 g/mol. The van der Waals surface area contributed by atoms with Crippen LogP contribution in [0.5, 0.6) is 0 Å². The van der Waals surface area contributed by atoms with Crippen molar-refractivity contribution in [2.75, 3.05) is 13.7 Å². The first-order valence-corrected chi connectivity index (χ1v) is 19.5. The van der Waals surface area contributed by atoms with Gasteiger partial charge < -0.3 is 51.6 Å². The van der Waals surface area contributed by atoms with Crippen LogP contribution in [0.25, 0.3) is 0 Å². The fourth-order valence-corrected chi connectivity index (χ4v) is 6.54. The molecule has 0 aromatic heterocycles. The third kappa shape index (κ3) is 15.3. The second-order valence-electron chi connectivity index (χ2n) is 16.3. The molecule has 0 bridgehead atoms. The number of hydrogen-bond acceptors (Lipinski definition) is 11. The van der Waals surface area contributed by atoms with Crippen molar-refractivity contribution in [2.45, 2.75) is 136 Å². The maximum absolute atomic E-state index is 13.8. The first-order chi connectivity index (χ1) is 26.6. The Bertz CT molecular complexity index is 1530. The molecule has 9 atom stereocenters. The van der Waals surface area contributed by atoms with Crippen LogP contribution in [0.15, 0.2) is 30.3 Å². The molecule has 0 spiro atoms. The molecule has 17 heteroatoms. The van der Waals surface area contributed by atoms with Crippen molar-refractivity contribution in [3.05, 3.63) is 35.9 Å². The molecule has 1 saturated carbocycles. The third-order valence-corrected chi connectivity index (χ3v) is 9.74. The number of nitrogens with one attached hydrogen (secondary N) is 6. The van der Waals surface area contributed by atoms with E-state index in [0.717, 1.165) is 5.56 Å². The second-order valence-corrected chi connectivity index (χ2v) is 16.3. The van der Waals surface area contributed by atoms with Gasteiger partial charge in [-0.1, -0.05) is 64.4 Å². The van der Waals surface area contributed by atoms with E-state index in [-0.39, 0.29) is 18.3 Å². The summed E-state index contributed by atoms with van der Waals surface area (Å²) in [4.78, 5) is 91.0. The van der Waals surface area contributed by atoms with Gasteiger partial charge in [0.25, 0.3) is 0 Å². The number of hydrogen-bond donors (Lipinski definition) is 8. The topological polar surface area (TPSA) is 251 Å². The summed E-state index contributed by atoms with van der Waals surface area (Å²) in [5, 5.41) is 37.1. The Morgan fingerprint density at radius 2 is 1.30 bits per heavy atom. The summed E-state index contributed by atoms with van der Waals surface area (Å²) in [6, 6.07) is 2.62. The molecule has 0 aliphatic heterocycles. The monoisotopic (exact) mass is 804 g/mol. The number of alkyl carbamates (subject to hydrolysis) is 1. The lowest BCUT2D eigenvalue weighted by Crippen LogP contribution is -2.58. The summed E-state index contributed by atoms with van der Waals surface area (Å²) < 4.78 is 9.96. The van der Waals surface area contributed by atoms with E-state index < -0.39 is 108 Å². The average Bonchev–Trinajstić information content (AvgIpc) is 3.63. The Hall–Kier alpha value is -4.77. The molecule has 1 fully saturated rings. The molecule has 1 aromatic rings. The molecule has 2 rings (SSSR count). The van der Waals surface area contributed by atoms with E-state index in [0.29, 0.717) is 19.3 Å². The Kier molecular flexibility index (Phi) is 18.9. The summed E-state index contributed by atoms with van der Waals surface area (Å²) in [5.41, 5.74) is -0.0501. The van der Waals surface area contributed by atoms with E-state index in [1.807, 2.05) is 30.3 Å². The van der Waals surface area contributed by atoms with Crippen LogP contribution in [-0.2, 0) is 44.7 Å². The smallest absolute Gasteiger partial charge is 0.408 e. The van der Waals surface area contributed by atoms with E-state index in [2.05, 4.69) is 31.9 Å². The highest BCUT2D eigenvalue weighted by atomic mass is 16.6. The lowest BCUT2D eigenvalue weighted by atomic mass is 9.84. The Morgan fingerprint density at radius 1 is 0.737 bits per heavy atom. The lowest BCUT2D eigenvalue weighted by Gasteiger charge is -2.33. The highest BCUT2D eigenvalue weighted by molar-refractivity contribution is 5.94. The van der Waals surface area contributed by atoms with Gasteiger partial charge >= 0.3 is 12.1 Å². The zero-order valence-electron chi connectivity index (χ0n) is 34.8. The van der Waals surface area contributed by atoms with Crippen molar-refractivity contribution in [1.82, 2.24) is 31.9 Å². The van der Waals surface area contributed by atoms with Gasteiger partial charge in [0.2, 0.25) is 29.5 Å². The molecule has 1 aliphatic carbocycles. The normalized spacial score (nSPS) is 19.1. The van der Waals surface area contributed by atoms with E-state index >= 15 is 0 Å². The van der Waals surface area contributed by atoms with Crippen LogP contribution in [0, 0.1) is 23.7 Å². The number of aliphatic hydroxyl groups is 2. The molecule has 0 radical (unpaired) electrons. The summed E-state index contributed by atoms with van der Waals surface area (Å²) in [6.45, 7) is 14.0. The fourth-order valence-electron chi connectivity index (χ4n) is 6.54. The number of methoxy groups -OCH3 is 1. The minimum atomic E-state index is -1.41. The predicted octanol–water partition coefficient (Wildman–Crippen LogP) is 0.841. The predicted molar refractivity (Wildman–Crippen MR) is 210 cm³/mol. The highest BCUT2D eigenvalue weighted by Crippen LogP contribution is 2.36. The van der Waals surface area contributed by atoms with Gasteiger partial charge in [-0.25, -0.2) is 9.59 Å². The van der Waals surface area contributed by atoms with E-state index in [4.69, 9.17) is 9.47 Å². The molecule has 0 heterocycles.